The number of hydrogen-bond acceptors (Lipinski definition) is 3. The summed E-state index contributed by atoms with van der Waals surface area (Å²) in [4.78, 5) is 1.82. The van der Waals surface area contributed by atoms with Crippen LogP contribution in [-0.4, -0.2) is 25.6 Å². The molecule has 0 spiro atoms. The number of halogens is 1. The summed E-state index contributed by atoms with van der Waals surface area (Å²) in [5.41, 5.74) is 0.808. The highest BCUT2D eigenvalue weighted by Gasteiger charge is 2.18. The largest absolute Gasteiger partial charge is 0.481 e. The van der Waals surface area contributed by atoms with Crippen LogP contribution in [-0.2, 0) is 0 Å². The maximum atomic E-state index is 9.19. The van der Waals surface area contributed by atoms with E-state index in [2.05, 4.69) is 27.9 Å². The van der Waals surface area contributed by atoms with E-state index in [9.17, 15) is 5.26 Å². The van der Waals surface area contributed by atoms with Gasteiger partial charge in [0.15, 0.2) is 0 Å². The summed E-state index contributed by atoms with van der Waals surface area (Å²) in [6.45, 7) is 0.195. The average molecular weight is 293 g/mol. The summed E-state index contributed by atoms with van der Waals surface area (Å²) >= 11 is 3.39. The molecule has 1 rings (SSSR count). The Balaban J connectivity index is 3.15. The molecule has 1 atom stereocenters. The van der Waals surface area contributed by atoms with Gasteiger partial charge < -0.3 is 4.74 Å². The molecule has 0 amide bonds. The second kappa shape index (κ2) is 6.30. The van der Waals surface area contributed by atoms with Gasteiger partial charge in [-0.2, -0.15) is 5.26 Å². The van der Waals surface area contributed by atoms with Crippen LogP contribution in [0, 0.1) is 23.7 Å². The molecule has 0 heterocycles. The van der Waals surface area contributed by atoms with Crippen molar-refractivity contribution in [1.82, 2.24) is 4.90 Å². The first-order chi connectivity index (χ1) is 8.10. The van der Waals surface area contributed by atoms with Crippen LogP contribution in [0.5, 0.6) is 5.75 Å². The van der Waals surface area contributed by atoms with Crippen LogP contribution in [0.4, 0.5) is 0 Å². The molecule has 0 aliphatic heterocycles. The SMILES string of the molecule is C#CCOc1ccc(Br)cc1C(C#N)N(C)C. The van der Waals surface area contributed by atoms with Gasteiger partial charge in [-0.15, -0.1) is 6.42 Å². The fourth-order valence-electron chi connectivity index (χ4n) is 1.45. The molecule has 1 unspecified atom stereocenters. The number of ether oxygens (including phenoxy) is 1. The standard InChI is InChI=1S/C13H13BrN2O/c1-4-7-17-13-6-5-10(14)8-11(13)12(9-15)16(2)3/h1,5-6,8,12H,7H2,2-3H3. The molecule has 0 aliphatic rings. The van der Waals surface area contributed by atoms with Gasteiger partial charge in [0.05, 0.1) is 6.07 Å². The quantitative estimate of drug-likeness (QED) is 0.801. The molecule has 3 nitrogen and oxygen atoms in total. The molecule has 17 heavy (non-hydrogen) atoms. The van der Waals surface area contributed by atoms with Crippen molar-refractivity contribution < 1.29 is 4.74 Å². The molecule has 4 heteroatoms. The molecule has 1 aromatic carbocycles. The van der Waals surface area contributed by atoms with Crippen LogP contribution >= 0.6 is 15.9 Å². The summed E-state index contributed by atoms with van der Waals surface area (Å²) < 4.78 is 6.34. The minimum atomic E-state index is -0.361. The Morgan fingerprint density at radius 2 is 2.24 bits per heavy atom. The second-order valence-corrected chi connectivity index (χ2v) is 4.59. The molecule has 1 aromatic rings. The normalized spacial score (nSPS) is 11.6. The van der Waals surface area contributed by atoms with Gasteiger partial charge in [-0.3, -0.25) is 4.90 Å². The molecule has 0 radical (unpaired) electrons. The smallest absolute Gasteiger partial charge is 0.148 e. The van der Waals surface area contributed by atoms with E-state index >= 15 is 0 Å². The fourth-order valence-corrected chi connectivity index (χ4v) is 1.83. The van der Waals surface area contributed by atoms with Gasteiger partial charge >= 0.3 is 0 Å². The third kappa shape index (κ3) is 3.49. The molecule has 0 aromatic heterocycles. The third-order valence-electron chi connectivity index (χ3n) is 2.22. The molecule has 0 N–H and O–H groups in total. The second-order valence-electron chi connectivity index (χ2n) is 3.67. The van der Waals surface area contributed by atoms with Crippen LogP contribution in [0.2, 0.25) is 0 Å². The van der Waals surface area contributed by atoms with Crippen molar-refractivity contribution in [3.8, 4) is 24.2 Å². The van der Waals surface area contributed by atoms with Crippen molar-refractivity contribution in [3.05, 3.63) is 28.2 Å². The van der Waals surface area contributed by atoms with Gasteiger partial charge in [0.25, 0.3) is 0 Å². The topological polar surface area (TPSA) is 36.3 Å². The lowest BCUT2D eigenvalue weighted by Crippen LogP contribution is -2.19. The monoisotopic (exact) mass is 292 g/mol. The van der Waals surface area contributed by atoms with Gasteiger partial charge in [-0.05, 0) is 32.3 Å². The Hall–Kier alpha value is -1.49. The van der Waals surface area contributed by atoms with Crippen molar-refractivity contribution in [2.45, 2.75) is 6.04 Å². The Morgan fingerprint density at radius 1 is 1.53 bits per heavy atom. The Kier molecular flexibility index (Phi) is 5.03. The zero-order valence-corrected chi connectivity index (χ0v) is 11.4. The highest BCUT2D eigenvalue weighted by molar-refractivity contribution is 9.10. The minimum Gasteiger partial charge on any atom is -0.481 e. The molecule has 0 aliphatic carbocycles. The number of terminal acetylenes is 1. The van der Waals surface area contributed by atoms with Gasteiger partial charge in [-0.1, -0.05) is 21.9 Å². The van der Waals surface area contributed by atoms with E-state index in [-0.39, 0.29) is 12.6 Å². The van der Waals surface area contributed by atoms with E-state index in [0.717, 1.165) is 10.0 Å². The van der Waals surface area contributed by atoms with E-state index in [1.165, 1.54) is 0 Å². The fraction of sp³-hybridized carbons (Fsp3) is 0.308. The van der Waals surface area contributed by atoms with Gasteiger partial charge in [-0.25, -0.2) is 0 Å². The molecule has 0 saturated carbocycles. The zero-order valence-electron chi connectivity index (χ0n) is 9.77. The maximum absolute atomic E-state index is 9.19. The van der Waals surface area contributed by atoms with Crippen molar-refractivity contribution in [2.24, 2.45) is 0 Å². The third-order valence-corrected chi connectivity index (χ3v) is 2.71. The Morgan fingerprint density at radius 3 is 2.76 bits per heavy atom. The van der Waals surface area contributed by atoms with E-state index in [1.54, 1.807) is 0 Å². The molecule has 88 valence electrons. The van der Waals surface area contributed by atoms with E-state index in [1.807, 2.05) is 37.2 Å². The van der Waals surface area contributed by atoms with Crippen LogP contribution in [0.15, 0.2) is 22.7 Å². The Labute approximate surface area is 110 Å². The van der Waals surface area contributed by atoms with Crippen LogP contribution in [0.1, 0.15) is 11.6 Å². The van der Waals surface area contributed by atoms with E-state index in [4.69, 9.17) is 11.2 Å². The number of nitrogens with zero attached hydrogens (tertiary/aromatic N) is 2. The summed E-state index contributed by atoms with van der Waals surface area (Å²) in [5, 5.41) is 9.19. The summed E-state index contributed by atoms with van der Waals surface area (Å²) in [5.74, 6) is 3.06. The zero-order chi connectivity index (χ0) is 12.8. The molecule has 0 saturated heterocycles. The Bertz CT molecular complexity index is 471. The van der Waals surface area contributed by atoms with Crippen molar-refractivity contribution in [3.63, 3.8) is 0 Å². The van der Waals surface area contributed by atoms with E-state index < -0.39 is 0 Å². The number of benzene rings is 1. The predicted octanol–water partition coefficient (Wildman–Crippen LogP) is 2.59. The first-order valence-corrected chi connectivity index (χ1v) is 5.81. The lowest BCUT2D eigenvalue weighted by molar-refractivity contribution is 0.327. The van der Waals surface area contributed by atoms with Crippen LogP contribution < -0.4 is 4.74 Å². The average Bonchev–Trinajstić information content (AvgIpc) is 2.28. The highest BCUT2D eigenvalue weighted by Crippen LogP contribution is 2.30. The minimum absolute atomic E-state index is 0.195. The van der Waals surface area contributed by atoms with Crippen molar-refractivity contribution >= 4 is 15.9 Å². The molecule has 0 bridgehead atoms. The van der Waals surface area contributed by atoms with Gasteiger partial charge in [0, 0.05) is 10.0 Å². The van der Waals surface area contributed by atoms with E-state index in [0.29, 0.717) is 5.75 Å². The number of nitriles is 1. The van der Waals surface area contributed by atoms with Crippen molar-refractivity contribution in [2.75, 3.05) is 20.7 Å². The van der Waals surface area contributed by atoms with Crippen molar-refractivity contribution in [1.29, 1.82) is 5.26 Å². The highest BCUT2D eigenvalue weighted by atomic mass is 79.9. The lowest BCUT2D eigenvalue weighted by Gasteiger charge is -2.20. The molecular weight excluding hydrogens is 280 g/mol. The summed E-state index contributed by atoms with van der Waals surface area (Å²) in [7, 11) is 3.69. The maximum Gasteiger partial charge on any atom is 0.148 e. The van der Waals surface area contributed by atoms with Gasteiger partial charge in [0.1, 0.15) is 18.4 Å². The summed E-state index contributed by atoms with van der Waals surface area (Å²) in [6.07, 6.45) is 5.17. The molecule has 0 fully saturated rings. The number of hydrogen-bond donors (Lipinski definition) is 0. The number of rotatable bonds is 4. The van der Waals surface area contributed by atoms with Crippen LogP contribution in [0.3, 0.4) is 0 Å². The summed E-state index contributed by atoms with van der Waals surface area (Å²) in [6, 6.07) is 7.42. The lowest BCUT2D eigenvalue weighted by atomic mass is 10.1. The molecular formula is C13H13BrN2O. The first-order valence-electron chi connectivity index (χ1n) is 5.02. The predicted molar refractivity (Wildman–Crippen MR) is 70.5 cm³/mol. The van der Waals surface area contributed by atoms with Crippen LogP contribution in [0.25, 0.3) is 0 Å². The van der Waals surface area contributed by atoms with Gasteiger partial charge in [0.2, 0.25) is 0 Å². The first kappa shape index (κ1) is 13.6.